The van der Waals surface area contributed by atoms with Crippen LogP contribution in [0.25, 0.3) is 0 Å². The third kappa shape index (κ3) is 6.81. The highest BCUT2D eigenvalue weighted by molar-refractivity contribution is 5.79. The van der Waals surface area contributed by atoms with Crippen molar-refractivity contribution in [3.63, 3.8) is 0 Å². The standard InChI is InChI=1S/C23H32N2O2/c1-4-10-22(5-2)25(23(26)19-27-3)18-21-13-9-15-24(17-21)16-14-20-11-7-6-8-12-20/h4-8,10-12,21H,1-2,9,13-19H2,3H3/b22-10+. The monoisotopic (exact) mass is 368 g/mol. The van der Waals surface area contributed by atoms with E-state index in [1.807, 2.05) is 6.08 Å². The van der Waals surface area contributed by atoms with Gasteiger partial charge in [-0.2, -0.15) is 0 Å². The van der Waals surface area contributed by atoms with Crippen LogP contribution in [0.3, 0.4) is 0 Å². The molecule has 0 radical (unpaired) electrons. The molecule has 1 atom stereocenters. The van der Waals surface area contributed by atoms with E-state index in [0.29, 0.717) is 12.5 Å². The summed E-state index contributed by atoms with van der Waals surface area (Å²) in [6.45, 7) is 11.6. The van der Waals surface area contributed by atoms with Gasteiger partial charge in [-0.05, 0) is 49.4 Å². The molecule has 1 aromatic rings. The molecule has 0 spiro atoms. The first-order valence-electron chi connectivity index (χ1n) is 9.68. The SMILES string of the molecule is C=C/C=C(\C=C)N(CC1CCCN(CCc2ccccc2)C1)C(=O)COC. The number of nitrogens with zero attached hydrogens (tertiary/aromatic N) is 2. The van der Waals surface area contributed by atoms with Crippen LogP contribution in [-0.4, -0.2) is 55.6 Å². The van der Waals surface area contributed by atoms with Crippen LogP contribution in [0.15, 0.2) is 67.4 Å². The minimum atomic E-state index is -0.0353. The molecule has 1 fully saturated rings. The number of carbonyl (C=O) groups excluding carboxylic acids is 1. The summed E-state index contributed by atoms with van der Waals surface area (Å²) in [5.41, 5.74) is 2.16. The smallest absolute Gasteiger partial charge is 0.252 e. The number of amides is 1. The minimum Gasteiger partial charge on any atom is -0.375 e. The number of methoxy groups -OCH3 is 1. The molecule has 1 aliphatic heterocycles. The van der Waals surface area contributed by atoms with Crippen molar-refractivity contribution < 1.29 is 9.53 Å². The summed E-state index contributed by atoms with van der Waals surface area (Å²) >= 11 is 0. The van der Waals surface area contributed by atoms with Crippen LogP contribution in [0.1, 0.15) is 18.4 Å². The van der Waals surface area contributed by atoms with E-state index in [1.165, 1.54) is 12.0 Å². The summed E-state index contributed by atoms with van der Waals surface area (Å²) < 4.78 is 5.07. The first-order valence-corrected chi connectivity index (χ1v) is 9.68. The summed E-state index contributed by atoms with van der Waals surface area (Å²) in [7, 11) is 1.55. The van der Waals surface area contributed by atoms with Crippen LogP contribution >= 0.6 is 0 Å². The Kier molecular flexibility index (Phi) is 9.02. The molecule has 1 amide bonds. The Balaban J connectivity index is 1.97. The van der Waals surface area contributed by atoms with Crippen LogP contribution in [-0.2, 0) is 16.0 Å². The van der Waals surface area contributed by atoms with E-state index in [1.54, 1.807) is 24.2 Å². The molecule has 1 aliphatic rings. The van der Waals surface area contributed by atoms with Crippen LogP contribution in [0.4, 0.5) is 0 Å². The molecule has 0 N–H and O–H groups in total. The van der Waals surface area contributed by atoms with E-state index in [-0.39, 0.29) is 12.5 Å². The molecule has 2 rings (SSSR count). The van der Waals surface area contributed by atoms with Crippen molar-refractivity contribution in [2.75, 3.05) is 39.9 Å². The van der Waals surface area contributed by atoms with Gasteiger partial charge in [0.25, 0.3) is 5.91 Å². The number of piperidine rings is 1. The zero-order valence-electron chi connectivity index (χ0n) is 16.5. The quantitative estimate of drug-likeness (QED) is 0.591. The molecule has 27 heavy (non-hydrogen) atoms. The highest BCUT2D eigenvalue weighted by atomic mass is 16.5. The number of ether oxygens (including phenoxy) is 1. The number of hydrogen-bond donors (Lipinski definition) is 0. The number of carbonyl (C=O) groups is 1. The Bertz CT molecular complexity index is 639. The maximum Gasteiger partial charge on any atom is 0.252 e. The fourth-order valence-electron chi connectivity index (χ4n) is 3.64. The van der Waals surface area contributed by atoms with E-state index >= 15 is 0 Å². The molecule has 0 aromatic heterocycles. The molecule has 4 nitrogen and oxygen atoms in total. The Morgan fingerprint density at radius 1 is 1.33 bits per heavy atom. The van der Waals surface area contributed by atoms with Gasteiger partial charge in [0.05, 0.1) is 0 Å². The van der Waals surface area contributed by atoms with Gasteiger partial charge in [-0.3, -0.25) is 4.79 Å². The molecule has 1 aromatic carbocycles. The molecular weight excluding hydrogens is 336 g/mol. The summed E-state index contributed by atoms with van der Waals surface area (Å²) in [5, 5.41) is 0. The zero-order chi connectivity index (χ0) is 19.5. The highest BCUT2D eigenvalue weighted by Crippen LogP contribution is 2.21. The van der Waals surface area contributed by atoms with Crippen LogP contribution in [0, 0.1) is 5.92 Å². The van der Waals surface area contributed by atoms with E-state index in [2.05, 4.69) is 48.4 Å². The Morgan fingerprint density at radius 3 is 2.78 bits per heavy atom. The maximum atomic E-state index is 12.5. The lowest BCUT2D eigenvalue weighted by molar-refractivity contribution is -0.133. The molecule has 0 bridgehead atoms. The second-order valence-electron chi connectivity index (χ2n) is 7.01. The van der Waals surface area contributed by atoms with Gasteiger partial charge in [0, 0.05) is 32.4 Å². The van der Waals surface area contributed by atoms with Crippen LogP contribution in [0.5, 0.6) is 0 Å². The van der Waals surface area contributed by atoms with Crippen molar-refractivity contribution in [2.45, 2.75) is 19.3 Å². The summed E-state index contributed by atoms with van der Waals surface area (Å²) in [5.74, 6) is 0.412. The molecule has 1 saturated heterocycles. The van der Waals surface area contributed by atoms with E-state index in [4.69, 9.17) is 4.74 Å². The normalized spacial score (nSPS) is 18.1. The van der Waals surface area contributed by atoms with Gasteiger partial charge in [0.1, 0.15) is 6.61 Å². The lowest BCUT2D eigenvalue weighted by Gasteiger charge is -2.36. The number of benzene rings is 1. The summed E-state index contributed by atoms with van der Waals surface area (Å²) in [6.07, 6.45) is 8.60. The molecular formula is C23H32N2O2. The third-order valence-corrected chi connectivity index (χ3v) is 4.98. The molecule has 0 saturated carbocycles. The predicted molar refractivity (Wildman–Crippen MR) is 111 cm³/mol. The molecule has 4 heteroatoms. The van der Waals surface area contributed by atoms with Gasteiger partial charge in [-0.25, -0.2) is 0 Å². The lowest BCUT2D eigenvalue weighted by Crippen LogP contribution is -2.43. The molecule has 1 heterocycles. The van der Waals surface area contributed by atoms with Crippen LogP contribution < -0.4 is 0 Å². The van der Waals surface area contributed by atoms with Gasteiger partial charge < -0.3 is 14.5 Å². The molecule has 1 unspecified atom stereocenters. The summed E-state index contributed by atoms with van der Waals surface area (Å²) in [4.78, 5) is 16.9. The average molecular weight is 369 g/mol. The van der Waals surface area contributed by atoms with Gasteiger partial charge in [0.2, 0.25) is 0 Å². The number of allylic oxidation sites excluding steroid dienone is 3. The number of rotatable bonds is 10. The van der Waals surface area contributed by atoms with Crippen molar-refractivity contribution >= 4 is 5.91 Å². The Morgan fingerprint density at radius 2 is 2.11 bits per heavy atom. The van der Waals surface area contributed by atoms with Crippen molar-refractivity contribution in [1.29, 1.82) is 0 Å². The van der Waals surface area contributed by atoms with Gasteiger partial charge >= 0.3 is 0 Å². The zero-order valence-corrected chi connectivity index (χ0v) is 16.5. The van der Waals surface area contributed by atoms with E-state index < -0.39 is 0 Å². The number of hydrogen-bond acceptors (Lipinski definition) is 3. The summed E-state index contributed by atoms with van der Waals surface area (Å²) in [6, 6.07) is 10.6. The largest absolute Gasteiger partial charge is 0.375 e. The van der Waals surface area contributed by atoms with Gasteiger partial charge in [-0.15, -0.1) is 0 Å². The van der Waals surface area contributed by atoms with Crippen LogP contribution in [0.2, 0.25) is 0 Å². The first kappa shape index (κ1) is 21.1. The van der Waals surface area contributed by atoms with Crippen molar-refractivity contribution in [1.82, 2.24) is 9.80 Å². The fraction of sp³-hybridized carbons (Fsp3) is 0.435. The molecule has 146 valence electrons. The van der Waals surface area contributed by atoms with Crippen molar-refractivity contribution in [3.8, 4) is 0 Å². The third-order valence-electron chi connectivity index (χ3n) is 4.98. The fourth-order valence-corrected chi connectivity index (χ4v) is 3.64. The van der Waals surface area contributed by atoms with Crippen molar-refractivity contribution in [3.05, 3.63) is 73.0 Å². The van der Waals surface area contributed by atoms with E-state index in [9.17, 15) is 4.79 Å². The molecule has 0 aliphatic carbocycles. The predicted octanol–water partition coefficient (Wildman–Crippen LogP) is 3.67. The highest BCUT2D eigenvalue weighted by Gasteiger charge is 2.25. The second-order valence-corrected chi connectivity index (χ2v) is 7.01. The Labute approximate surface area is 163 Å². The Hall–Kier alpha value is -2.17. The van der Waals surface area contributed by atoms with Gasteiger partial charge in [-0.1, -0.05) is 49.6 Å². The van der Waals surface area contributed by atoms with Gasteiger partial charge in [0.15, 0.2) is 0 Å². The number of likely N-dealkylation sites (tertiary alicyclic amines) is 1. The minimum absolute atomic E-state index is 0.0353. The lowest BCUT2D eigenvalue weighted by atomic mass is 9.96. The second kappa shape index (κ2) is 11.5. The first-order chi connectivity index (χ1) is 13.2. The average Bonchev–Trinajstić information content (AvgIpc) is 2.70. The topological polar surface area (TPSA) is 32.8 Å². The van der Waals surface area contributed by atoms with Crippen molar-refractivity contribution in [2.24, 2.45) is 5.92 Å². The van der Waals surface area contributed by atoms with E-state index in [0.717, 1.165) is 38.2 Å². The maximum absolute atomic E-state index is 12.5.